The number of aliphatic hydroxyl groups is 1. The second kappa shape index (κ2) is 12.7. The van der Waals surface area contributed by atoms with E-state index in [0.717, 1.165) is 5.56 Å². The second-order valence-electron chi connectivity index (χ2n) is 11.1. The maximum absolute atomic E-state index is 12.2. The molecule has 12 heteroatoms. The van der Waals surface area contributed by atoms with Gasteiger partial charge >= 0.3 is 0 Å². The van der Waals surface area contributed by atoms with Crippen LogP contribution < -0.4 is 5.32 Å². The number of benzene rings is 1. The molecule has 4 saturated heterocycles. The minimum absolute atomic E-state index is 0.149. The van der Waals surface area contributed by atoms with Crippen LogP contribution in [0.15, 0.2) is 30.3 Å². The van der Waals surface area contributed by atoms with E-state index in [2.05, 4.69) is 5.32 Å². The summed E-state index contributed by atoms with van der Waals surface area (Å²) in [6.45, 7) is 6.20. The summed E-state index contributed by atoms with van der Waals surface area (Å²) in [6, 6.07) is 9.09. The molecule has 0 aliphatic carbocycles. The van der Waals surface area contributed by atoms with Gasteiger partial charge < -0.3 is 53.1 Å². The lowest BCUT2D eigenvalue weighted by molar-refractivity contribution is -0.319. The van der Waals surface area contributed by atoms with Gasteiger partial charge in [-0.1, -0.05) is 30.3 Å². The Morgan fingerprint density at radius 3 is 2.62 bits per heavy atom. The van der Waals surface area contributed by atoms with Gasteiger partial charge in [-0.25, -0.2) is 0 Å². The topological polar surface area (TPSA) is 132 Å². The van der Waals surface area contributed by atoms with Gasteiger partial charge in [0.05, 0.1) is 19.8 Å². The zero-order valence-corrected chi connectivity index (χ0v) is 23.5. The third-order valence-electron chi connectivity index (χ3n) is 7.45. The van der Waals surface area contributed by atoms with Crippen molar-refractivity contribution in [3.8, 4) is 0 Å². The fraction of sp³-hybridized carbons (Fsp3) is 0.750. The molecule has 5 rings (SSSR count). The monoisotopic (exact) mass is 567 g/mol. The van der Waals surface area contributed by atoms with Crippen LogP contribution in [0.25, 0.3) is 0 Å². The molecular weight excluding hydrogens is 526 g/mol. The molecule has 9 unspecified atom stereocenters. The van der Waals surface area contributed by atoms with Crippen molar-refractivity contribution < 1.29 is 52.5 Å². The first kappa shape index (κ1) is 29.8. The normalized spacial score (nSPS) is 39.7. The molecule has 4 aliphatic heterocycles. The van der Waals surface area contributed by atoms with Crippen molar-refractivity contribution in [1.29, 1.82) is 0 Å². The van der Waals surface area contributed by atoms with Gasteiger partial charge in [-0.2, -0.15) is 0 Å². The van der Waals surface area contributed by atoms with Gasteiger partial charge in [-0.15, -0.1) is 0 Å². The summed E-state index contributed by atoms with van der Waals surface area (Å²) < 4.78 is 54.7. The van der Waals surface area contributed by atoms with Gasteiger partial charge in [-0.05, 0) is 25.8 Å². The Hall–Kier alpha value is -1.71. The minimum atomic E-state index is -1.82. The summed E-state index contributed by atoms with van der Waals surface area (Å²) in [5, 5.41) is 14.6. The van der Waals surface area contributed by atoms with Crippen molar-refractivity contribution in [1.82, 2.24) is 5.32 Å². The van der Waals surface area contributed by atoms with Crippen LogP contribution in [-0.4, -0.2) is 112 Å². The first-order valence-electron chi connectivity index (χ1n) is 13.8. The lowest BCUT2D eigenvalue weighted by Crippen LogP contribution is -2.66. The third-order valence-corrected chi connectivity index (χ3v) is 7.45. The largest absolute Gasteiger partial charge is 0.379 e. The lowest BCUT2D eigenvalue weighted by atomic mass is 9.95. The van der Waals surface area contributed by atoms with E-state index < -0.39 is 60.5 Å². The highest BCUT2D eigenvalue weighted by Gasteiger charge is 2.63. The molecule has 4 aliphatic rings. The maximum atomic E-state index is 12.2. The fourth-order valence-corrected chi connectivity index (χ4v) is 5.74. The summed E-state index contributed by atoms with van der Waals surface area (Å²) in [6.07, 6.45) is -4.22. The standard InChI is InChI=1S/C28H41NO11/c1-17(30)29-21-24-22(19(37-26(21)32-4)14-34-13-18-9-6-5-7-10-18)36-16-28(31)25-23(39-27(2,3)40-25)20(38-28)15-33-11-8-12-35-24/h5-7,9-10,19-26,31H,8,11-16H2,1-4H3,(H,29,30). The molecule has 224 valence electrons. The smallest absolute Gasteiger partial charge is 0.219 e. The summed E-state index contributed by atoms with van der Waals surface area (Å²) in [5.74, 6) is -3.00. The van der Waals surface area contributed by atoms with Crippen LogP contribution in [-0.2, 0) is 54.0 Å². The molecule has 0 spiro atoms. The predicted molar refractivity (Wildman–Crippen MR) is 138 cm³/mol. The molecule has 0 radical (unpaired) electrons. The number of nitrogens with one attached hydrogen (secondary N) is 1. The van der Waals surface area contributed by atoms with E-state index in [1.54, 1.807) is 13.8 Å². The van der Waals surface area contributed by atoms with Crippen LogP contribution in [0.3, 0.4) is 0 Å². The van der Waals surface area contributed by atoms with Crippen LogP contribution in [0.2, 0.25) is 0 Å². The molecule has 0 saturated carbocycles. The van der Waals surface area contributed by atoms with E-state index in [-0.39, 0.29) is 25.7 Å². The van der Waals surface area contributed by atoms with Crippen LogP contribution in [0.4, 0.5) is 0 Å². The maximum Gasteiger partial charge on any atom is 0.219 e. The molecule has 2 N–H and O–H groups in total. The molecule has 1 amide bonds. The Balaban J connectivity index is 1.40. The van der Waals surface area contributed by atoms with Crippen molar-refractivity contribution in [3.63, 3.8) is 0 Å². The highest BCUT2D eigenvalue weighted by molar-refractivity contribution is 5.73. The molecule has 2 bridgehead atoms. The number of rotatable bonds is 6. The average molecular weight is 568 g/mol. The number of hydrogen-bond donors (Lipinski definition) is 2. The summed E-state index contributed by atoms with van der Waals surface area (Å²) in [4.78, 5) is 12.2. The van der Waals surface area contributed by atoms with Gasteiger partial charge in [-0.3, -0.25) is 4.79 Å². The predicted octanol–water partition coefficient (Wildman–Crippen LogP) is 0.877. The highest BCUT2D eigenvalue weighted by atomic mass is 16.8. The van der Waals surface area contributed by atoms with E-state index in [1.165, 1.54) is 14.0 Å². The van der Waals surface area contributed by atoms with Crippen LogP contribution in [0.1, 0.15) is 32.8 Å². The summed E-state index contributed by atoms with van der Waals surface area (Å²) in [7, 11) is 1.50. The Labute approximate surface area is 234 Å². The van der Waals surface area contributed by atoms with Gasteiger partial charge in [0.15, 0.2) is 12.1 Å². The number of carbonyl (C=O) groups is 1. The van der Waals surface area contributed by atoms with Gasteiger partial charge in [0.2, 0.25) is 11.7 Å². The molecule has 12 nitrogen and oxygen atoms in total. The van der Waals surface area contributed by atoms with E-state index >= 15 is 0 Å². The Bertz CT molecular complexity index is 980. The number of carbonyl (C=O) groups excluding carboxylic acids is 1. The minimum Gasteiger partial charge on any atom is -0.379 e. The third kappa shape index (κ3) is 6.67. The van der Waals surface area contributed by atoms with Crippen LogP contribution in [0.5, 0.6) is 0 Å². The van der Waals surface area contributed by atoms with Crippen molar-refractivity contribution >= 4 is 5.91 Å². The van der Waals surface area contributed by atoms with E-state index in [0.29, 0.717) is 26.2 Å². The Morgan fingerprint density at radius 2 is 1.88 bits per heavy atom. The zero-order chi connectivity index (χ0) is 28.3. The highest BCUT2D eigenvalue weighted by Crippen LogP contribution is 2.44. The second-order valence-corrected chi connectivity index (χ2v) is 11.1. The van der Waals surface area contributed by atoms with Crippen molar-refractivity contribution in [2.24, 2.45) is 0 Å². The number of hydrogen-bond acceptors (Lipinski definition) is 11. The summed E-state index contributed by atoms with van der Waals surface area (Å²) >= 11 is 0. The van der Waals surface area contributed by atoms with E-state index in [4.69, 9.17) is 42.6 Å². The van der Waals surface area contributed by atoms with Gasteiger partial charge in [0.1, 0.15) is 49.3 Å². The van der Waals surface area contributed by atoms with Crippen molar-refractivity contribution in [2.75, 3.05) is 40.1 Å². The van der Waals surface area contributed by atoms with Gasteiger partial charge in [0.25, 0.3) is 0 Å². The number of ether oxygens (including phenoxy) is 9. The number of fused-ring (bicyclic) bond motifs is 6. The summed E-state index contributed by atoms with van der Waals surface area (Å²) in [5.41, 5.74) is 1.01. The van der Waals surface area contributed by atoms with Crippen LogP contribution in [0, 0.1) is 0 Å². The molecular formula is C28H41NO11. The molecule has 4 fully saturated rings. The number of methoxy groups -OCH3 is 1. The first-order chi connectivity index (χ1) is 19.2. The van der Waals surface area contributed by atoms with E-state index in [9.17, 15) is 9.90 Å². The molecule has 1 aromatic rings. The quantitative estimate of drug-likeness (QED) is 0.508. The van der Waals surface area contributed by atoms with E-state index in [1.807, 2.05) is 30.3 Å². The zero-order valence-electron chi connectivity index (χ0n) is 23.5. The van der Waals surface area contributed by atoms with Crippen molar-refractivity contribution in [2.45, 2.75) is 94.3 Å². The average Bonchev–Trinajstić information content (AvgIpc) is 3.38. The van der Waals surface area contributed by atoms with Gasteiger partial charge in [0, 0.05) is 27.2 Å². The Kier molecular flexibility index (Phi) is 9.42. The first-order valence-corrected chi connectivity index (χ1v) is 13.8. The number of amides is 1. The fourth-order valence-electron chi connectivity index (χ4n) is 5.74. The molecule has 0 aromatic heterocycles. The SMILES string of the molecule is COC1OC(COCc2ccccc2)C2OCC3(O)OC(COCCCOC2C1NC(C)=O)C1OC(C)(C)OC13. The van der Waals surface area contributed by atoms with Crippen molar-refractivity contribution in [3.05, 3.63) is 35.9 Å². The molecule has 4 heterocycles. The Morgan fingerprint density at radius 1 is 1.07 bits per heavy atom. The molecule has 9 atom stereocenters. The lowest BCUT2D eigenvalue weighted by Gasteiger charge is -2.46. The molecule has 1 aromatic carbocycles. The molecule has 40 heavy (non-hydrogen) atoms. The van der Waals surface area contributed by atoms with Crippen LogP contribution >= 0.6 is 0 Å².